The monoisotopic (exact) mass is 375 g/mol. The van der Waals surface area contributed by atoms with Gasteiger partial charge in [-0.05, 0) is 30.9 Å². The van der Waals surface area contributed by atoms with Crippen molar-refractivity contribution in [2.45, 2.75) is 43.9 Å². The zero-order valence-electron chi connectivity index (χ0n) is 15.3. The van der Waals surface area contributed by atoms with Crippen LogP contribution in [0.15, 0.2) is 24.4 Å². The number of nitrogen functional groups attached to an aromatic ring is 1. The lowest BCUT2D eigenvalue weighted by Crippen LogP contribution is -2.58. The Balaban J connectivity index is 1.60. The van der Waals surface area contributed by atoms with Crippen LogP contribution in [-0.2, 0) is 11.3 Å². The second kappa shape index (κ2) is 6.39. The van der Waals surface area contributed by atoms with Gasteiger partial charge in [0.15, 0.2) is 0 Å². The zero-order valence-corrected chi connectivity index (χ0v) is 15.3. The zero-order chi connectivity index (χ0) is 19.3. The summed E-state index contributed by atoms with van der Waals surface area (Å²) >= 11 is 0. The fraction of sp³-hybridized carbons (Fsp3) is 0.350. The molecule has 2 aliphatic heterocycles. The number of benzene rings is 1. The molecule has 2 bridgehead atoms. The molecule has 1 aromatic carbocycles. The summed E-state index contributed by atoms with van der Waals surface area (Å²) in [7, 11) is 0. The van der Waals surface area contributed by atoms with Crippen LogP contribution in [0.25, 0.3) is 22.2 Å². The molecule has 6 rings (SSSR count). The average molecular weight is 375 g/mol. The van der Waals surface area contributed by atoms with Crippen LogP contribution >= 0.6 is 0 Å². The molecule has 2 unspecified atom stereocenters. The van der Waals surface area contributed by atoms with Gasteiger partial charge in [0.1, 0.15) is 23.1 Å². The summed E-state index contributed by atoms with van der Waals surface area (Å²) in [4.78, 5) is 13.9. The standard InChI is InChI=1S/C20H21N7O/c21-8-17-19(26-27(20(17)22)14-6-12-5-13(7-14)25-12)15-2-1-11(9-23-10-28)18-16(15)3-4-24-18/h1-4,10,12-14,24-25H,5-7,9,22H2,(H,23,28). The van der Waals surface area contributed by atoms with E-state index >= 15 is 0 Å². The smallest absolute Gasteiger partial charge is 0.207 e. The van der Waals surface area contributed by atoms with E-state index < -0.39 is 0 Å². The maximum atomic E-state index is 10.7. The number of nitriles is 1. The summed E-state index contributed by atoms with van der Waals surface area (Å²) in [6, 6.07) is 9.40. The van der Waals surface area contributed by atoms with Crippen LogP contribution in [0.5, 0.6) is 0 Å². The van der Waals surface area contributed by atoms with Crippen molar-refractivity contribution < 1.29 is 4.79 Å². The van der Waals surface area contributed by atoms with Gasteiger partial charge < -0.3 is 21.4 Å². The average Bonchev–Trinajstić information content (AvgIpc) is 3.30. The van der Waals surface area contributed by atoms with Crippen LogP contribution < -0.4 is 16.4 Å². The molecule has 8 heteroatoms. The van der Waals surface area contributed by atoms with Gasteiger partial charge in [0, 0.05) is 35.8 Å². The number of aromatic amines is 1. The topological polar surface area (TPSA) is 125 Å². The summed E-state index contributed by atoms with van der Waals surface area (Å²) < 4.78 is 1.86. The second-order valence-electron chi connectivity index (χ2n) is 7.62. The molecule has 2 saturated heterocycles. The molecule has 2 aromatic heterocycles. The van der Waals surface area contributed by atoms with Gasteiger partial charge in [-0.2, -0.15) is 10.4 Å². The van der Waals surface area contributed by atoms with Crippen molar-refractivity contribution in [3.05, 3.63) is 35.5 Å². The van der Waals surface area contributed by atoms with Crippen molar-refractivity contribution in [1.82, 2.24) is 25.4 Å². The van der Waals surface area contributed by atoms with Crippen molar-refractivity contribution in [3.8, 4) is 17.3 Å². The Labute approximate surface area is 161 Å². The fourth-order valence-electron chi connectivity index (χ4n) is 4.68. The molecular weight excluding hydrogens is 354 g/mol. The molecule has 0 spiro atoms. The Morgan fingerprint density at radius 3 is 2.82 bits per heavy atom. The maximum Gasteiger partial charge on any atom is 0.207 e. The van der Waals surface area contributed by atoms with E-state index in [1.54, 1.807) is 0 Å². The lowest BCUT2D eigenvalue weighted by Gasteiger charge is -2.46. The summed E-state index contributed by atoms with van der Waals surface area (Å²) in [6.07, 6.45) is 5.73. The Hall–Kier alpha value is -3.31. The summed E-state index contributed by atoms with van der Waals surface area (Å²) in [6.45, 7) is 0.431. The summed E-state index contributed by atoms with van der Waals surface area (Å²) in [5.74, 6) is 0.444. The molecule has 2 atom stereocenters. The fourth-order valence-corrected chi connectivity index (χ4v) is 4.68. The van der Waals surface area contributed by atoms with Crippen molar-refractivity contribution in [1.29, 1.82) is 5.26 Å². The summed E-state index contributed by atoms with van der Waals surface area (Å²) in [5.41, 5.74) is 10.2. The molecule has 5 N–H and O–H groups in total. The van der Waals surface area contributed by atoms with E-state index in [-0.39, 0.29) is 6.04 Å². The first-order valence-electron chi connectivity index (χ1n) is 9.50. The molecular formula is C20H21N7O. The number of aromatic nitrogens is 3. The van der Waals surface area contributed by atoms with E-state index in [0.717, 1.165) is 34.9 Å². The third kappa shape index (κ3) is 2.47. The normalized spacial score (nSPS) is 23.2. The third-order valence-corrected chi connectivity index (χ3v) is 6.00. The van der Waals surface area contributed by atoms with Gasteiger partial charge in [0.2, 0.25) is 6.41 Å². The number of anilines is 1. The first-order valence-corrected chi connectivity index (χ1v) is 9.50. The van der Waals surface area contributed by atoms with E-state index in [1.165, 1.54) is 6.42 Å². The third-order valence-electron chi connectivity index (χ3n) is 6.00. The number of nitrogens with zero attached hydrogens (tertiary/aromatic N) is 3. The Kier molecular flexibility index (Phi) is 3.84. The van der Waals surface area contributed by atoms with Crippen LogP contribution in [-0.4, -0.2) is 33.3 Å². The Morgan fingerprint density at radius 2 is 2.11 bits per heavy atom. The highest BCUT2D eigenvalue weighted by molar-refractivity contribution is 5.97. The lowest BCUT2D eigenvalue weighted by atomic mass is 9.79. The highest BCUT2D eigenvalue weighted by Crippen LogP contribution is 2.40. The molecule has 28 heavy (non-hydrogen) atoms. The number of carbonyl (C=O) groups excluding carboxylic acids is 1. The van der Waals surface area contributed by atoms with Gasteiger partial charge in [-0.25, -0.2) is 4.68 Å². The van der Waals surface area contributed by atoms with Gasteiger partial charge in [0.05, 0.1) is 11.6 Å². The predicted molar refractivity (Wildman–Crippen MR) is 105 cm³/mol. The second-order valence-corrected chi connectivity index (χ2v) is 7.62. The molecule has 4 heterocycles. The van der Waals surface area contributed by atoms with E-state index in [1.807, 2.05) is 29.1 Å². The number of nitrogens with one attached hydrogen (secondary N) is 3. The van der Waals surface area contributed by atoms with Crippen molar-refractivity contribution in [2.75, 3.05) is 5.73 Å². The number of piperidine rings is 1. The molecule has 3 aliphatic rings. The number of nitrogens with two attached hydrogens (primary N) is 1. The van der Waals surface area contributed by atoms with Crippen LogP contribution in [0.4, 0.5) is 5.82 Å². The largest absolute Gasteiger partial charge is 0.383 e. The van der Waals surface area contributed by atoms with Gasteiger partial charge in [0.25, 0.3) is 0 Å². The number of rotatable bonds is 5. The van der Waals surface area contributed by atoms with Crippen LogP contribution in [0, 0.1) is 11.3 Å². The Bertz CT molecular complexity index is 1090. The molecule has 3 fully saturated rings. The van der Waals surface area contributed by atoms with Crippen molar-refractivity contribution >= 4 is 23.1 Å². The minimum Gasteiger partial charge on any atom is -0.383 e. The molecule has 1 amide bonds. The van der Waals surface area contributed by atoms with Crippen LogP contribution in [0.1, 0.15) is 36.4 Å². The molecule has 0 radical (unpaired) electrons. The van der Waals surface area contributed by atoms with Crippen molar-refractivity contribution in [2.24, 2.45) is 0 Å². The van der Waals surface area contributed by atoms with Gasteiger partial charge >= 0.3 is 0 Å². The number of carbonyl (C=O) groups is 1. The molecule has 3 aromatic rings. The molecule has 8 nitrogen and oxygen atoms in total. The number of amides is 1. The van der Waals surface area contributed by atoms with E-state index in [0.29, 0.717) is 42.1 Å². The molecule has 1 saturated carbocycles. The van der Waals surface area contributed by atoms with Crippen LogP contribution in [0.2, 0.25) is 0 Å². The predicted octanol–water partition coefficient (Wildman–Crippen LogP) is 1.80. The number of hydrogen-bond acceptors (Lipinski definition) is 5. The first-order chi connectivity index (χ1) is 13.7. The maximum absolute atomic E-state index is 10.7. The molecule has 1 aliphatic carbocycles. The van der Waals surface area contributed by atoms with E-state index in [2.05, 4.69) is 21.7 Å². The van der Waals surface area contributed by atoms with Gasteiger partial charge in [-0.15, -0.1) is 0 Å². The van der Waals surface area contributed by atoms with E-state index in [9.17, 15) is 10.1 Å². The highest BCUT2D eigenvalue weighted by atomic mass is 16.1. The number of fused-ring (bicyclic) bond motifs is 3. The lowest BCUT2D eigenvalue weighted by molar-refractivity contribution is -0.109. The van der Waals surface area contributed by atoms with Gasteiger partial charge in [-0.3, -0.25) is 4.79 Å². The highest BCUT2D eigenvalue weighted by Gasteiger charge is 2.39. The summed E-state index contributed by atoms with van der Waals surface area (Å²) in [5, 5.41) is 21.8. The minimum atomic E-state index is 0.226. The Morgan fingerprint density at radius 1 is 1.32 bits per heavy atom. The van der Waals surface area contributed by atoms with Crippen molar-refractivity contribution in [3.63, 3.8) is 0 Å². The van der Waals surface area contributed by atoms with E-state index in [4.69, 9.17) is 10.8 Å². The molecule has 142 valence electrons. The number of H-pyrrole nitrogens is 1. The number of hydrogen-bond donors (Lipinski definition) is 4. The SMILES string of the molecule is N#Cc1c(-c2ccc(CNC=O)c3[nH]ccc23)nn(C2CC3CC(C2)N3)c1N. The van der Waals surface area contributed by atoms with Crippen LogP contribution in [0.3, 0.4) is 0 Å². The first kappa shape index (κ1) is 16.8. The van der Waals surface area contributed by atoms with Gasteiger partial charge in [-0.1, -0.05) is 12.1 Å². The minimum absolute atomic E-state index is 0.226. The quantitative estimate of drug-likeness (QED) is 0.506.